The third-order valence-corrected chi connectivity index (χ3v) is 4.62. The van der Waals surface area contributed by atoms with E-state index in [2.05, 4.69) is 10.3 Å². The summed E-state index contributed by atoms with van der Waals surface area (Å²) < 4.78 is 29.2. The molecule has 132 valence electrons. The Morgan fingerprint density at radius 3 is 2.52 bits per heavy atom. The van der Waals surface area contributed by atoms with Crippen molar-refractivity contribution in [3.05, 3.63) is 22.7 Å². The molecular formula is C13H24N3O6P. The fourth-order valence-corrected chi connectivity index (χ4v) is 3.20. The lowest BCUT2D eigenvalue weighted by molar-refractivity contribution is 0.0148. The Morgan fingerprint density at radius 2 is 2.04 bits per heavy atom. The number of anilines is 1. The highest BCUT2D eigenvalue weighted by Crippen LogP contribution is 2.48. The maximum atomic E-state index is 12.3. The zero-order chi connectivity index (χ0) is 17.3. The van der Waals surface area contributed by atoms with Crippen molar-refractivity contribution in [3.8, 4) is 0 Å². The highest BCUT2D eigenvalue weighted by atomic mass is 31.2. The number of aliphatic hydroxyl groups is 1. The number of nitrogens with zero attached hydrogens (tertiary/aromatic N) is 2. The van der Waals surface area contributed by atoms with Crippen LogP contribution in [0.5, 0.6) is 0 Å². The Bertz CT molecular complexity index is 569. The molecule has 0 amide bonds. The van der Waals surface area contributed by atoms with Crippen molar-refractivity contribution < 1.29 is 23.5 Å². The van der Waals surface area contributed by atoms with Gasteiger partial charge in [0.2, 0.25) is 0 Å². The van der Waals surface area contributed by atoms with E-state index in [9.17, 15) is 14.5 Å². The molecule has 1 aromatic rings. The highest BCUT2D eigenvalue weighted by molar-refractivity contribution is 7.53. The maximum absolute atomic E-state index is 12.3. The second-order valence-corrected chi connectivity index (χ2v) is 6.54. The van der Waals surface area contributed by atoms with E-state index in [0.717, 1.165) is 0 Å². The minimum atomic E-state index is -3.36. The summed E-state index contributed by atoms with van der Waals surface area (Å²) in [6, 6.07) is 1.63. The van der Waals surface area contributed by atoms with Gasteiger partial charge >= 0.3 is 13.3 Å². The topological polar surface area (TPSA) is 112 Å². The van der Waals surface area contributed by atoms with Gasteiger partial charge in [0.25, 0.3) is 0 Å². The predicted octanol–water partition coefficient (Wildman–Crippen LogP) is 0.886. The molecule has 0 fully saturated rings. The fourth-order valence-electron chi connectivity index (χ4n) is 1.79. The van der Waals surface area contributed by atoms with Crippen LogP contribution in [-0.4, -0.2) is 54.0 Å². The van der Waals surface area contributed by atoms with Crippen LogP contribution in [-0.2, 0) is 24.9 Å². The van der Waals surface area contributed by atoms with Crippen molar-refractivity contribution >= 4 is 13.4 Å². The number of rotatable bonds is 11. The van der Waals surface area contributed by atoms with E-state index in [4.69, 9.17) is 13.8 Å². The Kier molecular flexibility index (Phi) is 8.43. The number of ether oxygens (including phenoxy) is 1. The van der Waals surface area contributed by atoms with E-state index >= 15 is 0 Å². The average molecular weight is 349 g/mol. The van der Waals surface area contributed by atoms with Gasteiger partial charge < -0.3 is 24.2 Å². The number of hydrogen-bond acceptors (Lipinski definition) is 8. The summed E-state index contributed by atoms with van der Waals surface area (Å²) in [4.78, 5) is 15.6. The molecule has 0 spiro atoms. The summed E-state index contributed by atoms with van der Waals surface area (Å²) in [6.45, 7) is 3.56. The highest BCUT2D eigenvalue weighted by Gasteiger charge is 2.26. The monoisotopic (exact) mass is 349 g/mol. The fraction of sp³-hybridized carbons (Fsp3) is 0.692. The van der Waals surface area contributed by atoms with Crippen LogP contribution >= 0.6 is 7.60 Å². The maximum Gasteiger partial charge on any atom is 0.356 e. The van der Waals surface area contributed by atoms with E-state index in [-0.39, 0.29) is 32.7 Å². The molecular weight excluding hydrogens is 325 g/mol. The molecule has 1 atom stereocenters. The van der Waals surface area contributed by atoms with Crippen LogP contribution in [0.2, 0.25) is 0 Å². The molecule has 0 aliphatic rings. The van der Waals surface area contributed by atoms with E-state index in [1.54, 1.807) is 27.0 Å². The number of nitrogens with one attached hydrogen (secondary N) is 1. The molecule has 0 aliphatic carbocycles. The summed E-state index contributed by atoms with van der Waals surface area (Å²) >= 11 is 0. The molecule has 0 aliphatic heterocycles. The second-order valence-electron chi connectivity index (χ2n) is 4.54. The van der Waals surface area contributed by atoms with Crippen molar-refractivity contribution in [2.24, 2.45) is 0 Å². The van der Waals surface area contributed by atoms with Gasteiger partial charge in [-0.2, -0.15) is 4.98 Å². The van der Waals surface area contributed by atoms with Gasteiger partial charge in [-0.05, 0) is 19.9 Å². The minimum Gasteiger partial charge on any atom is -0.394 e. The molecule has 10 heteroatoms. The minimum absolute atomic E-state index is 0.0740. The van der Waals surface area contributed by atoms with Crippen LogP contribution in [0, 0.1) is 0 Å². The van der Waals surface area contributed by atoms with Gasteiger partial charge in [0.15, 0.2) is 0 Å². The van der Waals surface area contributed by atoms with Crippen molar-refractivity contribution in [2.45, 2.75) is 26.5 Å². The summed E-state index contributed by atoms with van der Waals surface area (Å²) in [5.74, 6) is 0.449. The summed E-state index contributed by atoms with van der Waals surface area (Å²) in [7, 11) is -1.70. The SMILES string of the molecule is CCOP(=O)(CO[C@H](CO)Cn1ccc(NC)nc1=O)OCC. The first kappa shape index (κ1) is 19.8. The lowest BCUT2D eigenvalue weighted by Crippen LogP contribution is -2.32. The molecule has 0 aromatic carbocycles. The molecule has 0 radical (unpaired) electrons. The first-order valence-corrected chi connectivity index (χ1v) is 9.06. The molecule has 9 nitrogen and oxygen atoms in total. The molecule has 1 heterocycles. The third-order valence-electron chi connectivity index (χ3n) is 2.85. The summed E-state index contributed by atoms with van der Waals surface area (Å²) in [6.07, 6.45) is 0.512. The average Bonchev–Trinajstić information content (AvgIpc) is 2.53. The lowest BCUT2D eigenvalue weighted by atomic mass is 10.3. The van der Waals surface area contributed by atoms with Crippen LogP contribution in [0.3, 0.4) is 0 Å². The lowest BCUT2D eigenvalue weighted by Gasteiger charge is -2.21. The Labute approximate surface area is 135 Å². The van der Waals surface area contributed by atoms with Gasteiger partial charge in [0.1, 0.15) is 12.2 Å². The van der Waals surface area contributed by atoms with Crippen LogP contribution in [0.25, 0.3) is 0 Å². The zero-order valence-electron chi connectivity index (χ0n) is 13.6. The Morgan fingerprint density at radius 1 is 1.39 bits per heavy atom. The van der Waals surface area contributed by atoms with E-state index in [0.29, 0.717) is 5.82 Å². The first-order valence-electron chi connectivity index (χ1n) is 7.33. The smallest absolute Gasteiger partial charge is 0.356 e. The van der Waals surface area contributed by atoms with Crippen molar-refractivity contribution in [1.29, 1.82) is 0 Å². The van der Waals surface area contributed by atoms with Gasteiger partial charge in [-0.25, -0.2) is 4.79 Å². The third kappa shape index (κ3) is 6.40. The van der Waals surface area contributed by atoms with Gasteiger partial charge in [0, 0.05) is 13.2 Å². The molecule has 1 aromatic heterocycles. The Hall–Kier alpha value is -1.25. The standard InChI is InChI=1S/C13H24N3O6P/c1-4-21-23(19,22-5-2)10-20-11(9-17)8-16-7-6-12(14-3)15-13(16)18/h6-7,11,17H,4-5,8-10H2,1-3H3,(H,14,15,18)/t11-/m0/s1. The van der Waals surface area contributed by atoms with Crippen LogP contribution in [0.4, 0.5) is 5.82 Å². The second kappa shape index (κ2) is 9.79. The molecule has 0 unspecified atom stereocenters. The van der Waals surface area contributed by atoms with Gasteiger partial charge in [0.05, 0.1) is 32.5 Å². The van der Waals surface area contributed by atoms with E-state index in [1.165, 1.54) is 10.8 Å². The van der Waals surface area contributed by atoms with Crippen LogP contribution in [0.15, 0.2) is 17.1 Å². The van der Waals surface area contributed by atoms with Crippen molar-refractivity contribution in [3.63, 3.8) is 0 Å². The van der Waals surface area contributed by atoms with Gasteiger partial charge in [-0.15, -0.1) is 0 Å². The quantitative estimate of drug-likeness (QED) is 0.567. The number of aromatic nitrogens is 2. The van der Waals surface area contributed by atoms with Crippen LogP contribution in [0.1, 0.15) is 13.8 Å². The van der Waals surface area contributed by atoms with E-state index < -0.39 is 19.4 Å². The molecule has 0 saturated heterocycles. The molecule has 0 bridgehead atoms. The van der Waals surface area contributed by atoms with Crippen molar-refractivity contribution in [2.75, 3.05) is 38.5 Å². The molecule has 0 saturated carbocycles. The predicted molar refractivity (Wildman–Crippen MR) is 85.7 cm³/mol. The Balaban J connectivity index is 2.70. The molecule has 1 rings (SSSR count). The van der Waals surface area contributed by atoms with Gasteiger partial charge in [-0.3, -0.25) is 9.13 Å². The zero-order valence-corrected chi connectivity index (χ0v) is 14.5. The summed E-state index contributed by atoms with van der Waals surface area (Å²) in [5, 5.41) is 12.2. The summed E-state index contributed by atoms with van der Waals surface area (Å²) in [5.41, 5.74) is -0.475. The molecule has 2 N–H and O–H groups in total. The number of hydrogen-bond donors (Lipinski definition) is 2. The normalized spacial score (nSPS) is 13.0. The largest absolute Gasteiger partial charge is 0.394 e. The number of aliphatic hydroxyl groups excluding tert-OH is 1. The molecule has 23 heavy (non-hydrogen) atoms. The van der Waals surface area contributed by atoms with Crippen molar-refractivity contribution in [1.82, 2.24) is 9.55 Å². The first-order chi connectivity index (χ1) is 11.0. The van der Waals surface area contributed by atoms with Gasteiger partial charge in [-0.1, -0.05) is 0 Å². The van der Waals surface area contributed by atoms with E-state index in [1.807, 2.05) is 0 Å². The van der Waals surface area contributed by atoms with Crippen LogP contribution < -0.4 is 11.0 Å².